The Morgan fingerprint density at radius 2 is 1.39 bits per heavy atom. The molecular weight excluding hydrogens is 384 g/mol. The molecule has 0 fully saturated rings. The van der Waals surface area contributed by atoms with Gasteiger partial charge in [0.2, 0.25) is 0 Å². The highest BCUT2D eigenvalue weighted by atomic mass is 16.6. The number of benzene rings is 3. The molecule has 1 heterocycles. The van der Waals surface area contributed by atoms with Crippen LogP contribution in [0.4, 0.5) is 4.79 Å². The van der Waals surface area contributed by atoms with E-state index in [1.54, 1.807) is 5.01 Å². The fourth-order valence-corrected chi connectivity index (χ4v) is 3.76. The van der Waals surface area contributed by atoms with Crippen molar-refractivity contribution in [1.82, 2.24) is 10.0 Å². The van der Waals surface area contributed by atoms with Gasteiger partial charge in [0.25, 0.3) is 0 Å². The van der Waals surface area contributed by atoms with Crippen LogP contribution in [-0.2, 0) is 11.3 Å². The van der Waals surface area contributed by atoms with E-state index in [9.17, 15) is 4.79 Å². The van der Waals surface area contributed by atoms with Crippen LogP contribution in [0.5, 0.6) is 0 Å². The topological polar surface area (TPSA) is 32.8 Å². The third-order valence-corrected chi connectivity index (χ3v) is 5.09. The second-order valence-electron chi connectivity index (χ2n) is 8.65. The Morgan fingerprint density at radius 3 is 1.97 bits per heavy atom. The fourth-order valence-electron chi connectivity index (χ4n) is 3.76. The Morgan fingerprint density at radius 1 is 0.839 bits per heavy atom. The molecular formula is C27H28N2O2. The molecule has 0 bridgehead atoms. The molecule has 4 nitrogen and oxygen atoms in total. The van der Waals surface area contributed by atoms with E-state index in [0.29, 0.717) is 6.54 Å². The summed E-state index contributed by atoms with van der Waals surface area (Å²) in [6, 6.07) is 30.4. The van der Waals surface area contributed by atoms with Crippen molar-refractivity contribution in [2.75, 3.05) is 0 Å². The maximum Gasteiger partial charge on any atom is 0.429 e. The predicted molar refractivity (Wildman–Crippen MR) is 124 cm³/mol. The van der Waals surface area contributed by atoms with Crippen LogP contribution in [0.15, 0.2) is 97.1 Å². The molecule has 1 amide bonds. The van der Waals surface area contributed by atoms with E-state index in [2.05, 4.69) is 35.4 Å². The van der Waals surface area contributed by atoms with Crippen LogP contribution >= 0.6 is 0 Å². The quantitative estimate of drug-likeness (QED) is 0.494. The number of hydrogen-bond acceptors (Lipinski definition) is 3. The third-order valence-electron chi connectivity index (χ3n) is 5.09. The molecule has 1 aliphatic rings. The summed E-state index contributed by atoms with van der Waals surface area (Å²) >= 11 is 0. The molecule has 0 N–H and O–H groups in total. The van der Waals surface area contributed by atoms with Crippen LogP contribution in [0.1, 0.15) is 43.5 Å². The average Bonchev–Trinajstić information content (AvgIpc) is 3.14. The van der Waals surface area contributed by atoms with Gasteiger partial charge in [-0.3, -0.25) is 0 Å². The zero-order valence-electron chi connectivity index (χ0n) is 18.2. The SMILES string of the molecule is CC(C)(C)OC(=O)N1C(c2ccccc2)=CC(c2ccccc2)N1Cc1ccccc1. The highest BCUT2D eigenvalue weighted by Crippen LogP contribution is 2.40. The number of carbonyl (C=O) groups excluding carboxylic acids is 1. The molecule has 1 unspecified atom stereocenters. The van der Waals surface area contributed by atoms with Gasteiger partial charge in [0.1, 0.15) is 5.60 Å². The molecule has 3 aromatic carbocycles. The average molecular weight is 413 g/mol. The molecule has 4 heteroatoms. The lowest BCUT2D eigenvalue weighted by Crippen LogP contribution is -2.44. The van der Waals surface area contributed by atoms with Gasteiger partial charge in [-0.2, -0.15) is 5.01 Å². The van der Waals surface area contributed by atoms with Crippen molar-refractivity contribution in [1.29, 1.82) is 0 Å². The second-order valence-corrected chi connectivity index (χ2v) is 8.65. The zero-order valence-corrected chi connectivity index (χ0v) is 18.2. The minimum atomic E-state index is -0.595. The van der Waals surface area contributed by atoms with Crippen molar-refractivity contribution in [2.24, 2.45) is 0 Å². The molecule has 1 aliphatic heterocycles. The molecule has 0 aliphatic carbocycles. The largest absolute Gasteiger partial charge is 0.442 e. The normalized spacial score (nSPS) is 16.8. The standard InChI is InChI=1S/C27H28N2O2/c1-27(2,3)31-26(30)29-25(23-17-11-6-12-18-23)19-24(22-15-9-5-10-16-22)28(29)20-21-13-7-4-8-14-21/h4-19,24H,20H2,1-3H3. The summed E-state index contributed by atoms with van der Waals surface area (Å²) in [5.74, 6) is 0. The van der Waals surface area contributed by atoms with Crippen LogP contribution < -0.4 is 0 Å². The Kier molecular flexibility index (Phi) is 5.92. The van der Waals surface area contributed by atoms with E-state index in [4.69, 9.17) is 4.74 Å². The van der Waals surface area contributed by atoms with Gasteiger partial charge in [-0.1, -0.05) is 91.0 Å². The molecule has 0 radical (unpaired) electrons. The van der Waals surface area contributed by atoms with Crippen molar-refractivity contribution >= 4 is 11.8 Å². The monoisotopic (exact) mass is 412 g/mol. The third kappa shape index (κ3) is 4.86. The molecule has 31 heavy (non-hydrogen) atoms. The zero-order chi connectivity index (χ0) is 21.8. The number of hydrazine groups is 1. The van der Waals surface area contributed by atoms with E-state index in [1.165, 1.54) is 0 Å². The lowest BCUT2D eigenvalue weighted by atomic mass is 10.0. The lowest BCUT2D eigenvalue weighted by molar-refractivity contribution is -0.0278. The predicted octanol–water partition coefficient (Wildman–Crippen LogP) is 6.44. The van der Waals surface area contributed by atoms with E-state index in [1.807, 2.05) is 87.5 Å². The van der Waals surface area contributed by atoms with Crippen LogP contribution in [0.25, 0.3) is 5.70 Å². The van der Waals surface area contributed by atoms with Crippen molar-refractivity contribution in [2.45, 2.75) is 39.0 Å². The number of hydrogen-bond donors (Lipinski definition) is 0. The summed E-state index contributed by atoms with van der Waals surface area (Å²) in [5, 5.41) is 3.78. The van der Waals surface area contributed by atoms with Gasteiger partial charge in [0.15, 0.2) is 0 Å². The first-order chi connectivity index (χ1) is 14.9. The molecule has 0 aromatic heterocycles. The van der Waals surface area contributed by atoms with Gasteiger partial charge in [-0.15, -0.1) is 0 Å². The summed E-state index contributed by atoms with van der Waals surface area (Å²) in [6.45, 7) is 6.25. The highest BCUT2D eigenvalue weighted by molar-refractivity contribution is 5.83. The van der Waals surface area contributed by atoms with E-state index in [-0.39, 0.29) is 12.1 Å². The fraction of sp³-hybridized carbons (Fsp3) is 0.222. The molecule has 3 aromatic rings. The van der Waals surface area contributed by atoms with Crippen molar-refractivity contribution in [3.05, 3.63) is 114 Å². The van der Waals surface area contributed by atoms with E-state index >= 15 is 0 Å². The number of ether oxygens (including phenoxy) is 1. The lowest BCUT2D eigenvalue weighted by Gasteiger charge is -2.35. The summed E-state index contributed by atoms with van der Waals surface area (Å²) in [4.78, 5) is 13.4. The van der Waals surface area contributed by atoms with Gasteiger partial charge < -0.3 is 4.74 Å². The smallest absolute Gasteiger partial charge is 0.429 e. The number of rotatable bonds is 4. The van der Waals surface area contributed by atoms with Gasteiger partial charge in [0, 0.05) is 6.54 Å². The minimum absolute atomic E-state index is 0.0934. The van der Waals surface area contributed by atoms with Crippen LogP contribution in [-0.4, -0.2) is 21.7 Å². The molecule has 1 atom stereocenters. The summed E-state index contributed by atoms with van der Waals surface area (Å²) in [6.07, 6.45) is 1.77. The van der Waals surface area contributed by atoms with E-state index in [0.717, 1.165) is 22.4 Å². The first-order valence-electron chi connectivity index (χ1n) is 10.6. The summed E-state index contributed by atoms with van der Waals surface area (Å²) < 4.78 is 5.83. The van der Waals surface area contributed by atoms with E-state index < -0.39 is 5.60 Å². The van der Waals surface area contributed by atoms with Crippen molar-refractivity contribution in [3.8, 4) is 0 Å². The van der Waals surface area contributed by atoms with Crippen molar-refractivity contribution in [3.63, 3.8) is 0 Å². The maximum absolute atomic E-state index is 13.4. The Labute approximate surface area is 184 Å². The molecule has 0 spiro atoms. The van der Waals surface area contributed by atoms with Crippen LogP contribution in [0, 0.1) is 0 Å². The Hall–Kier alpha value is -3.37. The van der Waals surface area contributed by atoms with Gasteiger partial charge in [-0.25, -0.2) is 9.80 Å². The second kappa shape index (κ2) is 8.78. The Bertz CT molecular complexity index is 1040. The number of amides is 1. The summed E-state index contributed by atoms with van der Waals surface area (Å²) in [5.41, 5.74) is 3.46. The van der Waals surface area contributed by atoms with Gasteiger partial charge in [0.05, 0.1) is 11.7 Å². The molecule has 4 rings (SSSR count). The maximum atomic E-state index is 13.4. The highest BCUT2D eigenvalue weighted by Gasteiger charge is 2.39. The van der Waals surface area contributed by atoms with Crippen LogP contribution in [0.2, 0.25) is 0 Å². The van der Waals surface area contributed by atoms with Crippen LogP contribution in [0.3, 0.4) is 0 Å². The molecule has 0 saturated carbocycles. The Balaban J connectivity index is 1.80. The van der Waals surface area contributed by atoms with Gasteiger partial charge in [-0.05, 0) is 43.5 Å². The number of nitrogens with zero attached hydrogens (tertiary/aromatic N) is 2. The molecule has 158 valence electrons. The minimum Gasteiger partial charge on any atom is -0.442 e. The molecule has 0 saturated heterocycles. The summed E-state index contributed by atoms with van der Waals surface area (Å²) in [7, 11) is 0. The first-order valence-corrected chi connectivity index (χ1v) is 10.6. The van der Waals surface area contributed by atoms with Gasteiger partial charge >= 0.3 is 6.09 Å². The van der Waals surface area contributed by atoms with Crippen molar-refractivity contribution < 1.29 is 9.53 Å². The number of carbonyl (C=O) groups is 1. The first kappa shape index (κ1) is 20.9.